The Hall–Kier alpha value is -2.34. The third-order valence-electron chi connectivity index (χ3n) is 5.63. The Kier molecular flexibility index (Phi) is 7.42. The van der Waals surface area contributed by atoms with Crippen LogP contribution in [0.15, 0.2) is 36.0 Å². The summed E-state index contributed by atoms with van der Waals surface area (Å²) in [4.78, 5) is 38.3. The molecule has 0 bridgehead atoms. The van der Waals surface area contributed by atoms with Crippen LogP contribution in [0.3, 0.4) is 0 Å². The van der Waals surface area contributed by atoms with Gasteiger partial charge in [-0.2, -0.15) is 4.72 Å². The van der Waals surface area contributed by atoms with E-state index in [4.69, 9.17) is 11.6 Å². The summed E-state index contributed by atoms with van der Waals surface area (Å²) in [5, 5.41) is 1.03. The first-order chi connectivity index (χ1) is 15.8. The van der Waals surface area contributed by atoms with Crippen molar-refractivity contribution >= 4 is 50.9 Å². The van der Waals surface area contributed by atoms with Gasteiger partial charge in [-0.15, -0.1) is 11.3 Å². The van der Waals surface area contributed by atoms with E-state index in [-0.39, 0.29) is 18.5 Å². The highest BCUT2D eigenvalue weighted by Crippen LogP contribution is 2.30. The van der Waals surface area contributed by atoms with Crippen LogP contribution in [-0.2, 0) is 19.6 Å². The van der Waals surface area contributed by atoms with Gasteiger partial charge >= 0.3 is 0 Å². The van der Waals surface area contributed by atoms with Crippen LogP contribution in [0.5, 0.6) is 0 Å². The molecule has 0 aliphatic carbocycles. The van der Waals surface area contributed by atoms with E-state index in [9.17, 15) is 18.0 Å². The van der Waals surface area contributed by atoms with Gasteiger partial charge in [-0.1, -0.05) is 11.6 Å². The van der Waals surface area contributed by atoms with Crippen molar-refractivity contribution in [2.24, 2.45) is 0 Å². The van der Waals surface area contributed by atoms with Gasteiger partial charge < -0.3 is 9.80 Å². The number of rotatable bonds is 7. The third kappa shape index (κ3) is 5.97. The van der Waals surface area contributed by atoms with Gasteiger partial charge in [0.25, 0.3) is 0 Å². The summed E-state index contributed by atoms with van der Waals surface area (Å²) in [6.45, 7) is 0.897. The highest BCUT2D eigenvalue weighted by Gasteiger charge is 2.36. The normalized spacial score (nSPS) is 21.8. The molecule has 2 unspecified atom stereocenters. The Labute approximate surface area is 201 Å². The first-order valence-corrected chi connectivity index (χ1v) is 13.4. The number of halogens is 1. The van der Waals surface area contributed by atoms with Crippen LogP contribution >= 0.6 is 22.9 Å². The molecule has 2 fully saturated rings. The molecule has 2 atom stereocenters. The lowest BCUT2D eigenvalue weighted by Crippen LogP contribution is -2.54. The van der Waals surface area contributed by atoms with Crippen molar-refractivity contribution in [3.63, 3.8) is 0 Å². The molecule has 33 heavy (non-hydrogen) atoms. The van der Waals surface area contributed by atoms with E-state index in [1.165, 1.54) is 22.3 Å². The summed E-state index contributed by atoms with van der Waals surface area (Å²) in [7, 11) is -3.84. The maximum atomic E-state index is 13.0. The minimum absolute atomic E-state index is 0.0933. The smallest absolute Gasteiger partial charge is 0.242 e. The van der Waals surface area contributed by atoms with Crippen LogP contribution in [0.2, 0.25) is 4.34 Å². The van der Waals surface area contributed by atoms with Gasteiger partial charge in [0, 0.05) is 35.8 Å². The number of sulfonamides is 1. The quantitative estimate of drug-likeness (QED) is 0.613. The largest absolute Gasteiger partial charge is 0.332 e. The molecule has 9 nitrogen and oxygen atoms in total. The van der Waals surface area contributed by atoms with Crippen molar-refractivity contribution < 1.29 is 18.0 Å². The molecule has 2 aliphatic heterocycles. The first kappa shape index (κ1) is 23.8. The Balaban J connectivity index is 1.38. The Morgan fingerprint density at radius 1 is 1.21 bits per heavy atom. The van der Waals surface area contributed by atoms with Crippen LogP contribution in [-0.4, -0.2) is 65.7 Å². The van der Waals surface area contributed by atoms with Crippen LogP contribution in [0, 0.1) is 0 Å². The number of thiophene rings is 1. The lowest BCUT2D eigenvalue weighted by atomic mass is 10.1. The van der Waals surface area contributed by atoms with E-state index in [1.54, 1.807) is 35.5 Å². The standard InChI is InChI=1S/C21H24ClN5O4S2/c22-18-7-6-15(32-18)8-13-33(30,31)25-16-4-1-11-26(21(16)29)14-19(28)27-12-2-5-17(27)20-23-9-3-10-24-20/h3,6-10,13,16-17,25H,1-2,4-5,11-12,14H2/b13-8+. The number of piperidine rings is 1. The summed E-state index contributed by atoms with van der Waals surface area (Å²) >= 11 is 7.12. The van der Waals surface area contributed by atoms with Gasteiger partial charge in [0.15, 0.2) is 5.82 Å². The molecule has 0 radical (unpaired) electrons. The summed E-state index contributed by atoms with van der Waals surface area (Å²) in [5.41, 5.74) is 0. The number of aromatic nitrogens is 2. The predicted molar refractivity (Wildman–Crippen MR) is 126 cm³/mol. The second-order valence-corrected chi connectivity index (χ2v) is 11.3. The number of nitrogens with one attached hydrogen (secondary N) is 1. The summed E-state index contributed by atoms with van der Waals surface area (Å²) < 4.78 is 28.0. The minimum atomic E-state index is -3.84. The minimum Gasteiger partial charge on any atom is -0.332 e. The molecular weight excluding hydrogens is 486 g/mol. The number of hydrogen-bond donors (Lipinski definition) is 1. The topological polar surface area (TPSA) is 113 Å². The molecule has 1 N–H and O–H groups in total. The van der Waals surface area contributed by atoms with E-state index < -0.39 is 22.0 Å². The molecule has 0 saturated carbocycles. The predicted octanol–water partition coefficient (Wildman–Crippen LogP) is 2.44. The maximum absolute atomic E-state index is 13.0. The average molecular weight is 510 g/mol. The molecule has 0 aromatic carbocycles. The van der Waals surface area contributed by atoms with Crippen LogP contribution in [0.25, 0.3) is 6.08 Å². The van der Waals surface area contributed by atoms with E-state index >= 15 is 0 Å². The lowest BCUT2D eigenvalue weighted by molar-refractivity contribution is -0.143. The molecule has 2 aliphatic rings. The number of nitrogens with zero attached hydrogens (tertiary/aromatic N) is 4. The number of carbonyl (C=O) groups excluding carboxylic acids is 2. The fraction of sp³-hybridized carbons (Fsp3) is 0.429. The van der Waals surface area contributed by atoms with Crippen molar-refractivity contribution in [1.82, 2.24) is 24.5 Å². The van der Waals surface area contributed by atoms with Gasteiger partial charge in [-0.25, -0.2) is 18.4 Å². The monoisotopic (exact) mass is 509 g/mol. The van der Waals surface area contributed by atoms with Crippen molar-refractivity contribution in [1.29, 1.82) is 0 Å². The number of carbonyl (C=O) groups is 2. The van der Waals surface area contributed by atoms with E-state index in [0.717, 1.165) is 18.2 Å². The molecule has 2 saturated heterocycles. The number of amides is 2. The van der Waals surface area contributed by atoms with E-state index in [2.05, 4.69) is 14.7 Å². The zero-order valence-corrected chi connectivity index (χ0v) is 20.2. The fourth-order valence-corrected chi connectivity index (χ4v) is 6.16. The molecule has 2 aromatic heterocycles. The van der Waals surface area contributed by atoms with Crippen molar-refractivity contribution in [3.05, 3.63) is 51.0 Å². The summed E-state index contributed by atoms with van der Waals surface area (Å²) in [6, 6.07) is 4.01. The summed E-state index contributed by atoms with van der Waals surface area (Å²) in [6.07, 6.45) is 7.33. The first-order valence-electron chi connectivity index (χ1n) is 10.6. The van der Waals surface area contributed by atoms with Crippen molar-refractivity contribution in [3.8, 4) is 0 Å². The molecule has 176 valence electrons. The molecule has 2 aromatic rings. The Morgan fingerprint density at radius 2 is 1.97 bits per heavy atom. The van der Waals surface area contributed by atoms with Gasteiger partial charge in [0.1, 0.15) is 6.04 Å². The highest BCUT2D eigenvalue weighted by molar-refractivity contribution is 7.92. The summed E-state index contributed by atoms with van der Waals surface area (Å²) in [5.74, 6) is 0.0199. The average Bonchev–Trinajstić information content (AvgIpc) is 3.45. The Bertz CT molecular complexity index is 1140. The molecule has 2 amide bonds. The molecule has 4 heterocycles. The van der Waals surface area contributed by atoms with E-state index in [0.29, 0.717) is 41.0 Å². The highest BCUT2D eigenvalue weighted by atomic mass is 35.5. The van der Waals surface area contributed by atoms with Crippen LogP contribution < -0.4 is 4.72 Å². The molecule has 12 heteroatoms. The number of likely N-dealkylation sites (tertiary alicyclic amines) is 2. The second-order valence-electron chi connectivity index (χ2n) is 7.91. The maximum Gasteiger partial charge on any atom is 0.242 e. The Morgan fingerprint density at radius 3 is 2.70 bits per heavy atom. The van der Waals surface area contributed by atoms with Gasteiger partial charge in [0.05, 0.1) is 16.9 Å². The zero-order chi connectivity index (χ0) is 23.4. The molecular formula is C21H24ClN5O4S2. The van der Waals surface area contributed by atoms with Crippen LogP contribution in [0.4, 0.5) is 0 Å². The molecule has 4 rings (SSSR count). The third-order valence-corrected chi connectivity index (χ3v) is 7.93. The van der Waals surface area contributed by atoms with Gasteiger partial charge in [-0.05, 0) is 50.0 Å². The zero-order valence-electron chi connectivity index (χ0n) is 17.8. The second kappa shape index (κ2) is 10.3. The fourth-order valence-electron chi connectivity index (χ4n) is 4.09. The number of hydrogen-bond acceptors (Lipinski definition) is 7. The van der Waals surface area contributed by atoms with Crippen LogP contribution in [0.1, 0.15) is 42.4 Å². The SMILES string of the molecule is O=C1C(NS(=O)(=O)/C=C/c2ccc(Cl)s2)CCCN1CC(=O)N1CCCC1c1ncccn1. The van der Waals surface area contributed by atoms with Gasteiger partial charge in [-0.3, -0.25) is 9.59 Å². The molecule has 0 spiro atoms. The van der Waals surface area contributed by atoms with Gasteiger partial charge in [0.2, 0.25) is 21.8 Å². The van der Waals surface area contributed by atoms with E-state index in [1.807, 2.05) is 0 Å². The van der Waals surface area contributed by atoms with Crippen molar-refractivity contribution in [2.75, 3.05) is 19.6 Å². The lowest BCUT2D eigenvalue weighted by Gasteiger charge is -2.33. The van der Waals surface area contributed by atoms with Crippen molar-refractivity contribution in [2.45, 2.75) is 37.8 Å².